The third kappa shape index (κ3) is 4.50. The molecule has 2 amide bonds. The number of carbonyl (C=O) groups excluding carboxylic acids is 3. The molecule has 0 radical (unpaired) electrons. The van der Waals surface area contributed by atoms with Crippen molar-refractivity contribution in [1.82, 2.24) is 10.2 Å². The van der Waals surface area contributed by atoms with E-state index in [1.54, 1.807) is 23.1 Å². The number of esters is 1. The molecule has 2 aliphatic rings. The van der Waals surface area contributed by atoms with Crippen molar-refractivity contribution in [3.05, 3.63) is 28.8 Å². The van der Waals surface area contributed by atoms with E-state index >= 15 is 0 Å². The molecule has 1 aromatic rings. The number of rotatable bonds is 5. The third-order valence-electron chi connectivity index (χ3n) is 5.94. The van der Waals surface area contributed by atoms with Crippen LogP contribution in [-0.2, 0) is 14.3 Å². The fourth-order valence-electron chi connectivity index (χ4n) is 4.25. The van der Waals surface area contributed by atoms with Crippen LogP contribution in [0.4, 0.5) is 0 Å². The summed E-state index contributed by atoms with van der Waals surface area (Å²) in [6.45, 7) is 0.912. The van der Waals surface area contributed by atoms with Crippen molar-refractivity contribution >= 4 is 29.4 Å². The van der Waals surface area contributed by atoms with Gasteiger partial charge in [0.1, 0.15) is 11.3 Å². The smallest absolute Gasteiger partial charge is 0.331 e. The molecule has 7 nitrogen and oxygen atoms in total. The lowest BCUT2D eigenvalue weighted by Gasteiger charge is -2.34. The Morgan fingerprint density at radius 2 is 1.79 bits per heavy atom. The van der Waals surface area contributed by atoms with Gasteiger partial charge in [0.2, 0.25) is 5.91 Å². The molecular formula is C21H27ClN2O5. The number of nitrogens with zero attached hydrogens (tertiary/aromatic N) is 1. The number of nitrogens with one attached hydrogen (secondary N) is 1. The van der Waals surface area contributed by atoms with Crippen LogP contribution in [0.3, 0.4) is 0 Å². The summed E-state index contributed by atoms with van der Waals surface area (Å²) in [6, 6.07) is 4.94. The highest BCUT2D eigenvalue weighted by atomic mass is 35.5. The molecule has 0 atom stereocenters. The van der Waals surface area contributed by atoms with Gasteiger partial charge in [-0.25, -0.2) is 4.79 Å². The second-order valence-corrected chi connectivity index (χ2v) is 8.12. The maximum Gasteiger partial charge on any atom is 0.331 e. The molecule has 2 fully saturated rings. The quantitative estimate of drug-likeness (QED) is 0.737. The van der Waals surface area contributed by atoms with E-state index < -0.39 is 5.54 Å². The van der Waals surface area contributed by atoms with Gasteiger partial charge < -0.3 is 19.7 Å². The fourth-order valence-corrected chi connectivity index (χ4v) is 4.43. The molecule has 0 spiro atoms. The molecule has 0 bridgehead atoms. The van der Waals surface area contributed by atoms with Gasteiger partial charge in [0.05, 0.1) is 19.8 Å². The highest BCUT2D eigenvalue weighted by molar-refractivity contribution is 6.31. The third-order valence-corrected chi connectivity index (χ3v) is 6.18. The van der Waals surface area contributed by atoms with Crippen LogP contribution in [0, 0.1) is 5.92 Å². The summed E-state index contributed by atoms with van der Waals surface area (Å²) in [5.74, 6) is -0.429. The van der Waals surface area contributed by atoms with E-state index in [4.69, 9.17) is 21.1 Å². The molecule has 158 valence electrons. The van der Waals surface area contributed by atoms with Crippen molar-refractivity contribution in [3.63, 3.8) is 0 Å². The zero-order valence-electron chi connectivity index (χ0n) is 16.8. The molecule has 1 saturated carbocycles. The van der Waals surface area contributed by atoms with Crippen LogP contribution in [0.2, 0.25) is 5.02 Å². The number of halogens is 1. The van der Waals surface area contributed by atoms with E-state index in [9.17, 15) is 14.4 Å². The van der Waals surface area contributed by atoms with Crippen LogP contribution < -0.4 is 10.1 Å². The molecular weight excluding hydrogens is 396 g/mol. The van der Waals surface area contributed by atoms with Crippen molar-refractivity contribution in [2.45, 2.75) is 44.1 Å². The first-order valence-corrected chi connectivity index (χ1v) is 10.3. The van der Waals surface area contributed by atoms with Crippen LogP contribution in [0.5, 0.6) is 5.75 Å². The van der Waals surface area contributed by atoms with E-state index in [0.717, 1.165) is 12.8 Å². The largest absolute Gasteiger partial charge is 0.496 e. The summed E-state index contributed by atoms with van der Waals surface area (Å²) >= 11 is 6.04. The number of carbonyl (C=O) groups is 3. The minimum atomic E-state index is -0.896. The van der Waals surface area contributed by atoms with Gasteiger partial charge in [0, 0.05) is 24.0 Å². The van der Waals surface area contributed by atoms with Gasteiger partial charge in [-0.05, 0) is 43.9 Å². The summed E-state index contributed by atoms with van der Waals surface area (Å²) in [7, 11) is 2.86. The first kappa shape index (κ1) is 21.4. The highest BCUT2D eigenvalue weighted by Gasteiger charge is 2.44. The molecule has 1 aromatic carbocycles. The van der Waals surface area contributed by atoms with E-state index in [2.05, 4.69) is 5.32 Å². The maximum atomic E-state index is 12.9. The lowest BCUT2D eigenvalue weighted by molar-refractivity contribution is -0.151. The Kier molecular flexibility index (Phi) is 6.67. The van der Waals surface area contributed by atoms with Gasteiger partial charge >= 0.3 is 5.97 Å². The van der Waals surface area contributed by atoms with E-state index in [-0.39, 0.29) is 23.7 Å². The Morgan fingerprint density at radius 3 is 2.38 bits per heavy atom. The maximum absolute atomic E-state index is 12.9. The number of amides is 2. The van der Waals surface area contributed by atoms with E-state index in [1.165, 1.54) is 14.2 Å². The zero-order chi connectivity index (χ0) is 21.0. The fraction of sp³-hybridized carbons (Fsp3) is 0.571. The molecule has 1 heterocycles. The number of methoxy groups -OCH3 is 2. The number of ether oxygens (including phenoxy) is 2. The first-order valence-electron chi connectivity index (χ1n) is 9.93. The van der Waals surface area contributed by atoms with Crippen LogP contribution in [0.1, 0.15) is 48.9 Å². The van der Waals surface area contributed by atoms with Gasteiger partial charge in [0.25, 0.3) is 5.91 Å². The van der Waals surface area contributed by atoms with E-state index in [1.807, 2.05) is 0 Å². The zero-order valence-corrected chi connectivity index (χ0v) is 17.6. The topological polar surface area (TPSA) is 84.9 Å². The average molecular weight is 423 g/mol. The molecule has 1 saturated heterocycles. The SMILES string of the molecule is COC(=O)C1(NC(=O)C2CCN(C(=O)c3cc(Cl)ccc3OC)CC2)CCCC1. The second kappa shape index (κ2) is 9.03. The van der Waals surface area contributed by atoms with Crippen LogP contribution >= 0.6 is 11.6 Å². The Hall–Kier alpha value is -2.28. The molecule has 0 aromatic heterocycles. The van der Waals surface area contributed by atoms with Crippen molar-refractivity contribution in [2.75, 3.05) is 27.3 Å². The number of piperidine rings is 1. The molecule has 0 unspecified atom stereocenters. The number of likely N-dealkylation sites (tertiary alicyclic amines) is 1. The van der Waals surface area contributed by atoms with Crippen molar-refractivity contribution < 1.29 is 23.9 Å². The molecule has 3 rings (SSSR count). The summed E-state index contributed by atoms with van der Waals surface area (Å²) in [5.41, 5.74) is -0.481. The minimum Gasteiger partial charge on any atom is -0.496 e. The lowest BCUT2D eigenvalue weighted by Crippen LogP contribution is -2.55. The Labute approximate surface area is 175 Å². The normalized spacial score (nSPS) is 18.9. The van der Waals surface area contributed by atoms with Crippen LogP contribution in [0.25, 0.3) is 0 Å². The summed E-state index contributed by atoms with van der Waals surface area (Å²) < 4.78 is 10.2. The Balaban J connectivity index is 1.61. The molecule has 1 N–H and O–H groups in total. The van der Waals surface area contributed by atoms with Gasteiger partial charge in [-0.2, -0.15) is 0 Å². The van der Waals surface area contributed by atoms with E-state index in [0.29, 0.717) is 55.1 Å². The molecule has 8 heteroatoms. The standard InChI is InChI=1S/C21H27ClN2O5/c1-28-17-6-5-15(22)13-16(17)19(26)24-11-7-14(8-12-24)18(25)23-21(20(27)29-2)9-3-4-10-21/h5-6,13-14H,3-4,7-12H2,1-2H3,(H,23,25). The number of hydrogen-bond donors (Lipinski definition) is 1. The first-order chi connectivity index (χ1) is 13.9. The van der Waals surface area contributed by atoms with Gasteiger partial charge in [0.15, 0.2) is 0 Å². The lowest BCUT2D eigenvalue weighted by atomic mass is 9.91. The predicted molar refractivity (Wildman–Crippen MR) is 108 cm³/mol. The van der Waals surface area contributed by atoms with Gasteiger partial charge in [-0.3, -0.25) is 9.59 Å². The molecule has 1 aliphatic carbocycles. The van der Waals surface area contributed by atoms with Crippen molar-refractivity contribution in [1.29, 1.82) is 0 Å². The van der Waals surface area contributed by atoms with Crippen molar-refractivity contribution in [3.8, 4) is 5.75 Å². The van der Waals surface area contributed by atoms with Crippen LogP contribution in [0.15, 0.2) is 18.2 Å². The van der Waals surface area contributed by atoms with Gasteiger partial charge in [-0.1, -0.05) is 24.4 Å². The molecule has 1 aliphatic heterocycles. The number of hydrogen-bond acceptors (Lipinski definition) is 5. The monoisotopic (exact) mass is 422 g/mol. The van der Waals surface area contributed by atoms with Crippen LogP contribution in [-0.4, -0.2) is 55.5 Å². The average Bonchev–Trinajstić information content (AvgIpc) is 3.22. The highest BCUT2D eigenvalue weighted by Crippen LogP contribution is 2.32. The summed E-state index contributed by atoms with van der Waals surface area (Å²) in [5, 5.41) is 3.43. The van der Waals surface area contributed by atoms with Gasteiger partial charge in [-0.15, -0.1) is 0 Å². The Morgan fingerprint density at radius 1 is 1.14 bits per heavy atom. The van der Waals surface area contributed by atoms with Crippen molar-refractivity contribution in [2.24, 2.45) is 5.92 Å². The Bertz CT molecular complexity index is 783. The minimum absolute atomic E-state index is 0.135. The number of benzene rings is 1. The second-order valence-electron chi connectivity index (χ2n) is 7.68. The predicted octanol–water partition coefficient (Wildman–Crippen LogP) is 2.80. The molecule has 29 heavy (non-hydrogen) atoms. The summed E-state index contributed by atoms with van der Waals surface area (Å²) in [4.78, 5) is 39.6. The summed E-state index contributed by atoms with van der Waals surface area (Å²) in [6.07, 6.45) is 4.08.